The lowest BCUT2D eigenvalue weighted by Gasteiger charge is -2.23. The van der Waals surface area contributed by atoms with Crippen LogP contribution in [0.1, 0.15) is 28.8 Å². The standard InChI is InChI=1S/C20H24ClN3O5/c1-26-9-10-28-19-14(3-2-6-22-19)12-23-18(25)15-11-17(21)20(24-13-15)29-16-4-7-27-8-5-16/h2-3,6,11,13,16H,4-5,7-10,12H2,1H3,(H,23,25). The van der Waals surface area contributed by atoms with Crippen molar-refractivity contribution in [1.29, 1.82) is 0 Å². The highest BCUT2D eigenvalue weighted by atomic mass is 35.5. The zero-order valence-corrected chi connectivity index (χ0v) is 17.0. The quantitative estimate of drug-likeness (QED) is 0.622. The SMILES string of the molecule is COCCOc1ncccc1CNC(=O)c1cnc(OC2CCOCC2)c(Cl)c1. The normalized spacial score (nSPS) is 14.4. The van der Waals surface area contributed by atoms with Crippen molar-refractivity contribution < 1.29 is 23.7 Å². The Morgan fingerprint density at radius 2 is 2.10 bits per heavy atom. The molecule has 0 unspecified atom stereocenters. The number of hydrogen-bond acceptors (Lipinski definition) is 7. The molecule has 29 heavy (non-hydrogen) atoms. The number of methoxy groups -OCH3 is 1. The van der Waals surface area contributed by atoms with E-state index in [-0.39, 0.29) is 18.6 Å². The monoisotopic (exact) mass is 421 g/mol. The van der Waals surface area contributed by atoms with Crippen LogP contribution in [0.2, 0.25) is 5.02 Å². The average molecular weight is 422 g/mol. The van der Waals surface area contributed by atoms with Crippen LogP contribution >= 0.6 is 11.6 Å². The zero-order valence-electron chi connectivity index (χ0n) is 16.2. The van der Waals surface area contributed by atoms with Gasteiger partial charge in [0.1, 0.15) is 17.7 Å². The third-order valence-electron chi connectivity index (χ3n) is 4.33. The van der Waals surface area contributed by atoms with E-state index in [1.165, 1.54) is 6.20 Å². The first-order valence-corrected chi connectivity index (χ1v) is 9.79. The van der Waals surface area contributed by atoms with Crippen LogP contribution in [0, 0.1) is 0 Å². The van der Waals surface area contributed by atoms with E-state index < -0.39 is 0 Å². The van der Waals surface area contributed by atoms with Crippen LogP contribution in [0.15, 0.2) is 30.6 Å². The van der Waals surface area contributed by atoms with Gasteiger partial charge in [-0.1, -0.05) is 17.7 Å². The maximum Gasteiger partial charge on any atom is 0.253 e. The van der Waals surface area contributed by atoms with Crippen molar-refractivity contribution in [2.75, 3.05) is 33.5 Å². The molecule has 1 amide bonds. The lowest BCUT2D eigenvalue weighted by Crippen LogP contribution is -2.26. The van der Waals surface area contributed by atoms with E-state index in [1.807, 2.05) is 6.07 Å². The number of halogens is 1. The number of rotatable bonds is 9. The Balaban J connectivity index is 1.57. The summed E-state index contributed by atoms with van der Waals surface area (Å²) in [6, 6.07) is 5.18. The number of aromatic nitrogens is 2. The highest BCUT2D eigenvalue weighted by Crippen LogP contribution is 2.25. The van der Waals surface area contributed by atoms with Crippen LogP contribution < -0.4 is 14.8 Å². The number of nitrogens with one attached hydrogen (secondary N) is 1. The van der Waals surface area contributed by atoms with Crippen molar-refractivity contribution in [3.63, 3.8) is 0 Å². The lowest BCUT2D eigenvalue weighted by atomic mass is 10.1. The van der Waals surface area contributed by atoms with E-state index in [4.69, 9.17) is 30.5 Å². The highest BCUT2D eigenvalue weighted by molar-refractivity contribution is 6.32. The molecule has 0 saturated carbocycles. The number of carbonyl (C=O) groups is 1. The van der Waals surface area contributed by atoms with Gasteiger partial charge in [0.25, 0.3) is 5.91 Å². The topological polar surface area (TPSA) is 91.8 Å². The number of pyridine rings is 2. The second-order valence-electron chi connectivity index (χ2n) is 6.43. The summed E-state index contributed by atoms with van der Waals surface area (Å²) in [7, 11) is 1.60. The summed E-state index contributed by atoms with van der Waals surface area (Å²) in [5.74, 6) is 0.487. The Kier molecular flexibility index (Phi) is 8.03. The molecule has 0 aliphatic carbocycles. The molecule has 9 heteroatoms. The van der Waals surface area contributed by atoms with Crippen LogP contribution in [0.4, 0.5) is 0 Å². The summed E-state index contributed by atoms with van der Waals surface area (Å²) in [6.45, 7) is 2.41. The van der Waals surface area contributed by atoms with Crippen molar-refractivity contribution in [3.05, 3.63) is 46.7 Å². The second kappa shape index (κ2) is 10.9. The molecule has 0 bridgehead atoms. The van der Waals surface area contributed by atoms with Gasteiger partial charge in [-0.2, -0.15) is 0 Å². The molecule has 0 radical (unpaired) electrons. The van der Waals surface area contributed by atoms with E-state index >= 15 is 0 Å². The van der Waals surface area contributed by atoms with Crippen molar-refractivity contribution in [2.45, 2.75) is 25.5 Å². The molecular weight excluding hydrogens is 398 g/mol. The molecule has 3 rings (SSSR count). The molecule has 2 aromatic rings. The maximum atomic E-state index is 12.5. The smallest absolute Gasteiger partial charge is 0.253 e. The second-order valence-corrected chi connectivity index (χ2v) is 6.84. The Hall–Kier alpha value is -2.42. The fourth-order valence-corrected chi connectivity index (χ4v) is 2.99. The van der Waals surface area contributed by atoms with Gasteiger partial charge in [-0.05, 0) is 12.1 Å². The molecule has 0 spiro atoms. The van der Waals surface area contributed by atoms with E-state index in [2.05, 4.69) is 15.3 Å². The average Bonchev–Trinajstić information content (AvgIpc) is 2.75. The predicted molar refractivity (Wildman–Crippen MR) is 106 cm³/mol. The summed E-state index contributed by atoms with van der Waals surface area (Å²) in [6.07, 6.45) is 4.69. The van der Waals surface area contributed by atoms with Crippen LogP contribution in [-0.4, -0.2) is 55.5 Å². The van der Waals surface area contributed by atoms with Crippen molar-refractivity contribution >= 4 is 17.5 Å². The van der Waals surface area contributed by atoms with Crippen molar-refractivity contribution in [1.82, 2.24) is 15.3 Å². The van der Waals surface area contributed by atoms with Gasteiger partial charge >= 0.3 is 0 Å². The molecule has 1 N–H and O–H groups in total. The number of amides is 1. The van der Waals surface area contributed by atoms with Gasteiger partial charge in [-0.3, -0.25) is 4.79 Å². The highest BCUT2D eigenvalue weighted by Gasteiger charge is 2.18. The summed E-state index contributed by atoms with van der Waals surface area (Å²) in [4.78, 5) is 20.9. The van der Waals surface area contributed by atoms with Crippen LogP contribution in [-0.2, 0) is 16.0 Å². The molecule has 0 atom stereocenters. The van der Waals surface area contributed by atoms with Gasteiger partial charge in [0.15, 0.2) is 0 Å². The molecule has 8 nitrogen and oxygen atoms in total. The minimum absolute atomic E-state index is 0.0236. The number of ether oxygens (including phenoxy) is 4. The lowest BCUT2D eigenvalue weighted by molar-refractivity contribution is 0.0238. The van der Waals surface area contributed by atoms with Gasteiger partial charge in [-0.15, -0.1) is 0 Å². The Morgan fingerprint density at radius 3 is 2.86 bits per heavy atom. The summed E-state index contributed by atoms with van der Waals surface area (Å²) in [5, 5.41) is 3.13. The van der Waals surface area contributed by atoms with Gasteiger partial charge < -0.3 is 24.3 Å². The molecular formula is C20H24ClN3O5. The van der Waals surface area contributed by atoms with Crippen LogP contribution in [0.25, 0.3) is 0 Å². The Labute approximate surface area is 174 Å². The van der Waals surface area contributed by atoms with E-state index in [0.717, 1.165) is 18.4 Å². The first-order valence-electron chi connectivity index (χ1n) is 9.41. The number of carbonyl (C=O) groups excluding carboxylic acids is 1. The number of hydrogen-bond donors (Lipinski definition) is 1. The molecule has 0 aromatic carbocycles. The summed E-state index contributed by atoms with van der Waals surface area (Å²) >= 11 is 6.27. The predicted octanol–water partition coefficient (Wildman–Crippen LogP) is 2.64. The summed E-state index contributed by atoms with van der Waals surface area (Å²) in [5.41, 5.74) is 1.11. The molecule has 3 heterocycles. The molecule has 156 valence electrons. The first kappa shape index (κ1) is 21.3. The molecule has 2 aromatic heterocycles. The van der Waals surface area contributed by atoms with Gasteiger partial charge in [-0.25, -0.2) is 9.97 Å². The Morgan fingerprint density at radius 1 is 1.28 bits per heavy atom. The van der Waals surface area contributed by atoms with E-state index in [9.17, 15) is 4.79 Å². The third kappa shape index (κ3) is 6.28. The van der Waals surface area contributed by atoms with Crippen molar-refractivity contribution in [3.8, 4) is 11.8 Å². The fourth-order valence-electron chi connectivity index (χ4n) is 2.78. The molecule has 1 saturated heterocycles. The first-order chi connectivity index (χ1) is 14.2. The van der Waals surface area contributed by atoms with E-state index in [0.29, 0.717) is 48.8 Å². The fraction of sp³-hybridized carbons (Fsp3) is 0.450. The molecule has 1 aliphatic heterocycles. The largest absolute Gasteiger partial charge is 0.475 e. The molecule has 1 aliphatic rings. The third-order valence-corrected chi connectivity index (χ3v) is 4.60. The van der Waals surface area contributed by atoms with Gasteiger partial charge in [0.05, 0.1) is 25.4 Å². The van der Waals surface area contributed by atoms with Crippen LogP contribution in [0.5, 0.6) is 11.8 Å². The maximum absolute atomic E-state index is 12.5. The molecule has 1 fully saturated rings. The number of nitrogens with zero attached hydrogens (tertiary/aromatic N) is 2. The van der Waals surface area contributed by atoms with Crippen molar-refractivity contribution in [2.24, 2.45) is 0 Å². The summed E-state index contributed by atoms with van der Waals surface area (Å²) < 4.78 is 21.7. The minimum atomic E-state index is -0.302. The zero-order chi connectivity index (χ0) is 20.5. The van der Waals surface area contributed by atoms with E-state index in [1.54, 1.807) is 25.4 Å². The van der Waals surface area contributed by atoms with Crippen LogP contribution in [0.3, 0.4) is 0 Å². The minimum Gasteiger partial charge on any atom is -0.475 e. The Bertz CT molecular complexity index is 814. The van der Waals surface area contributed by atoms with Gasteiger partial charge in [0, 0.05) is 44.5 Å². The van der Waals surface area contributed by atoms with Gasteiger partial charge in [0.2, 0.25) is 11.8 Å².